The highest BCUT2D eigenvalue weighted by Gasteiger charge is 2.42. The van der Waals surface area contributed by atoms with Crippen molar-refractivity contribution in [1.29, 1.82) is 0 Å². The zero-order valence-electron chi connectivity index (χ0n) is 12.5. The third kappa shape index (κ3) is 3.01. The molecule has 0 aliphatic carbocycles. The molecule has 0 saturated carbocycles. The number of ether oxygens (including phenoxy) is 1. The molecule has 2 nitrogen and oxygen atoms in total. The van der Waals surface area contributed by atoms with Gasteiger partial charge in [0.1, 0.15) is 11.6 Å². The van der Waals surface area contributed by atoms with Gasteiger partial charge in [-0.05, 0) is 44.0 Å². The van der Waals surface area contributed by atoms with Crippen LogP contribution in [0.1, 0.15) is 39.3 Å². The minimum absolute atomic E-state index is 0.0652. The quantitative estimate of drug-likeness (QED) is 0.910. The summed E-state index contributed by atoms with van der Waals surface area (Å²) in [5.41, 5.74) is 0.658. The molecule has 0 amide bonds. The maximum Gasteiger partial charge on any atom is 0.126 e. The molecule has 1 aliphatic heterocycles. The highest BCUT2D eigenvalue weighted by Crippen LogP contribution is 2.40. The van der Waals surface area contributed by atoms with Crippen LogP contribution in [0.2, 0.25) is 0 Å². The zero-order chi connectivity index (χ0) is 14.9. The van der Waals surface area contributed by atoms with Crippen LogP contribution in [-0.2, 0) is 4.74 Å². The van der Waals surface area contributed by atoms with E-state index in [1.165, 1.54) is 12.1 Å². The Labute approximate surface area is 119 Å². The molecular formula is C16H23F2NO. The van der Waals surface area contributed by atoms with Crippen LogP contribution < -0.4 is 5.32 Å². The Bertz CT molecular complexity index is 446. The van der Waals surface area contributed by atoms with Gasteiger partial charge in [0.05, 0.1) is 12.2 Å². The summed E-state index contributed by atoms with van der Waals surface area (Å²) in [5.74, 6) is -0.531. The molecule has 1 aromatic carbocycles. The van der Waals surface area contributed by atoms with E-state index in [2.05, 4.69) is 19.2 Å². The molecule has 1 N–H and O–H groups in total. The van der Waals surface area contributed by atoms with Gasteiger partial charge in [0.2, 0.25) is 0 Å². The highest BCUT2D eigenvalue weighted by molar-refractivity contribution is 5.23. The van der Waals surface area contributed by atoms with Crippen LogP contribution >= 0.6 is 0 Å². The summed E-state index contributed by atoms with van der Waals surface area (Å²) in [6.45, 7) is 8.96. The number of nitrogens with one attached hydrogen (secondary N) is 1. The second kappa shape index (κ2) is 6.19. The van der Waals surface area contributed by atoms with E-state index in [1.54, 1.807) is 0 Å². The van der Waals surface area contributed by atoms with Crippen LogP contribution in [0.3, 0.4) is 0 Å². The molecule has 112 valence electrons. The Morgan fingerprint density at radius 2 is 1.70 bits per heavy atom. The standard InChI is InChI=1S/C16H23F2NO/c1-5-19-16(12-6-13(17)8-14(18)7-12)15-9(2)10(3)20-11(15)4/h6-11,15-16,19H,5H2,1-4H3. The average molecular weight is 283 g/mol. The predicted molar refractivity (Wildman–Crippen MR) is 75.4 cm³/mol. The molecule has 2 rings (SSSR count). The van der Waals surface area contributed by atoms with Gasteiger partial charge in [-0.3, -0.25) is 0 Å². The SMILES string of the molecule is CCNC(c1cc(F)cc(F)c1)C1C(C)OC(C)C1C. The van der Waals surface area contributed by atoms with Gasteiger partial charge in [-0.2, -0.15) is 0 Å². The lowest BCUT2D eigenvalue weighted by Crippen LogP contribution is -2.35. The first-order valence-electron chi connectivity index (χ1n) is 7.28. The smallest absolute Gasteiger partial charge is 0.126 e. The molecule has 1 aromatic rings. The van der Waals surface area contributed by atoms with Crippen molar-refractivity contribution in [3.63, 3.8) is 0 Å². The zero-order valence-corrected chi connectivity index (χ0v) is 12.5. The van der Waals surface area contributed by atoms with Crippen molar-refractivity contribution >= 4 is 0 Å². The predicted octanol–water partition coefficient (Wildman–Crippen LogP) is 3.67. The molecule has 5 unspecified atom stereocenters. The summed E-state index contributed by atoms with van der Waals surface area (Å²) in [6.07, 6.45) is 0.227. The number of hydrogen-bond acceptors (Lipinski definition) is 2. The molecule has 1 aliphatic rings. The lowest BCUT2D eigenvalue weighted by Gasteiger charge is -2.30. The van der Waals surface area contributed by atoms with E-state index in [1.807, 2.05) is 13.8 Å². The first kappa shape index (κ1) is 15.4. The maximum absolute atomic E-state index is 13.5. The molecule has 20 heavy (non-hydrogen) atoms. The maximum atomic E-state index is 13.5. The van der Waals surface area contributed by atoms with Gasteiger partial charge in [-0.1, -0.05) is 13.8 Å². The summed E-state index contributed by atoms with van der Waals surface area (Å²) < 4.78 is 32.8. The van der Waals surface area contributed by atoms with Crippen LogP contribution in [0.15, 0.2) is 18.2 Å². The molecule has 1 heterocycles. The topological polar surface area (TPSA) is 21.3 Å². The fourth-order valence-corrected chi connectivity index (χ4v) is 3.32. The van der Waals surface area contributed by atoms with Crippen molar-refractivity contribution in [1.82, 2.24) is 5.32 Å². The van der Waals surface area contributed by atoms with Crippen LogP contribution in [0.5, 0.6) is 0 Å². The molecule has 0 bridgehead atoms. The first-order chi connectivity index (χ1) is 9.43. The van der Waals surface area contributed by atoms with E-state index in [4.69, 9.17) is 4.74 Å². The Balaban J connectivity index is 2.35. The molecule has 1 saturated heterocycles. The van der Waals surface area contributed by atoms with Gasteiger partial charge in [0.15, 0.2) is 0 Å². The monoisotopic (exact) mass is 283 g/mol. The molecule has 1 fully saturated rings. The fourth-order valence-electron chi connectivity index (χ4n) is 3.32. The van der Waals surface area contributed by atoms with Crippen molar-refractivity contribution in [2.24, 2.45) is 11.8 Å². The van der Waals surface area contributed by atoms with E-state index in [-0.39, 0.29) is 24.2 Å². The summed E-state index contributed by atoms with van der Waals surface area (Å²) >= 11 is 0. The second-order valence-electron chi connectivity index (χ2n) is 5.72. The third-order valence-corrected chi connectivity index (χ3v) is 4.37. The minimum Gasteiger partial charge on any atom is -0.375 e. The van der Waals surface area contributed by atoms with Crippen LogP contribution in [0.4, 0.5) is 8.78 Å². The van der Waals surface area contributed by atoms with Crippen molar-refractivity contribution < 1.29 is 13.5 Å². The van der Waals surface area contributed by atoms with Crippen molar-refractivity contribution in [2.45, 2.75) is 45.9 Å². The van der Waals surface area contributed by atoms with Gasteiger partial charge in [-0.15, -0.1) is 0 Å². The van der Waals surface area contributed by atoms with E-state index in [9.17, 15) is 8.78 Å². The lowest BCUT2D eigenvalue weighted by atomic mass is 9.80. The largest absolute Gasteiger partial charge is 0.375 e. The third-order valence-electron chi connectivity index (χ3n) is 4.37. The van der Waals surface area contributed by atoms with Crippen LogP contribution in [0.25, 0.3) is 0 Å². The number of benzene rings is 1. The summed E-state index contributed by atoms with van der Waals surface area (Å²) in [5, 5.41) is 3.36. The normalized spacial score (nSPS) is 31.5. The summed E-state index contributed by atoms with van der Waals surface area (Å²) in [4.78, 5) is 0. The van der Waals surface area contributed by atoms with E-state index >= 15 is 0 Å². The van der Waals surface area contributed by atoms with Crippen LogP contribution in [-0.4, -0.2) is 18.8 Å². The highest BCUT2D eigenvalue weighted by atomic mass is 19.1. The minimum atomic E-state index is -0.532. The summed E-state index contributed by atoms with van der Waals surface area (Å²) in [6, 6.07) is 3.64. The number of hydrogen-bond donors (Lipinski definition) is 1. The number of halogens is 2. The molecule has 4 heteroatoms. The average Bonchev–Trinajstić information content (AvgIpc) is 2.60. The van der Waals surface area contributed by atoms with Crippen molar-refractivity contribution in [3.8, 4) is 0 Å². The van der Waals surface area contributed by atoms with Gasteiger partial charge in [0.25, 0.3) is 0 Å². The van der Waals surface area contributed by atoms with Gasteiger partial charge in [0, 0.05) is 18.0 Å². The van der Waals surface area contributed by atoms with Gasteiger partial charge < -0.3 is 10.1 Å². The molecule has 0 spiro atoms. The first-order valence-corrected chi connectivity index (χ1v) is 7.28. The van der Waals surface area contributed by atoms with Gasteiger partial charge in [-0.25, -0.2) is 8.78 Å². The molecule has 5 atom stereocenters. The fraction of sp³-hybridized carbons (Fsp3) is 0.625. The Morgan fingerprint density at radius 1 is 1.10 bits per heavy atom. The van der Waals surface area contributed by atoms with Crippen LogP contribution in [0, 0.1) is 23.5 Å². The van der Waals surface area contributed by atoms with E-state index in [0.29, 0.717) is 11.5 Å². The van der Waals surface area contributed by atoms with E-state index in [0.717, 1.165) is 12.6 Å². The molecule has 0 radical (unpaired) electrons. The molecular weight excluding hydrogens is 260 g/mol. The van der Waals surface area contributed by atoms with Crippen molar-refractivity contribution in [3.05, 3.63) is 35.4 Å². The Kier molecular flexibility index (Phi) is 4.76. The number of rotatable bonds is 4. The second-order valence-corrected chi connectivity index (χ2v) is 5.72. The Morgan fingerprint density at radius 3 is 2.15 bits per heavy atom. The van der Waals surface area contributed by atoms with Crippen molar-refractivity contribution in [2.75, 3.05) is 6.54 Å². The van der Waals surface area contributed by atoms with E-state index < -0.39 is 11.6 Å². The Hall–Kier alpha value is -1.00. The lowest BCUT2D eigenvalue weighted by molar-refractivity contribution is 0.0475. The van der Waals surface area contributed by atoms with Gasteiger partial charge >= 0.3 is 0 Å². The molecule has 0 aromatic heterocycles. The summed E-state index contributed by atoms with van der Waals surface area (Å²) in [7, 11) is 0.